The van der Waals surface area contributed by atoms with Crippen LogP contribution >= 0.6 is 0 Å². The van der Waals surface area contributed by atoms with E-state index in [2.05, 4.69) is 34.6 Å². The van der Waals surface area contributed by atoms with Gasteiger partial charge in [-0.25, -0.2) is 0 Å². The van der Waals surface area contributed by atoms with Gasteiger partial charge < -0.3 is 8.85 Å². The first kappa shape index (κ1) is 19.5. The van der Waals surface area contributed by atoms with E-state index in [9.17, 15) is 0 Å². The van der Waals surface area contributed by atoms with Gasteiger partial charge in [0.1, 0.15) is 0 Å². The first-order valence-corrected chi connectivity index (χ1v) is 11.7. The molecule has 0 N–H and O–H groups in total. The van der Waals surface area contributed by atoms with Crippen molar-refractivity contribution >= 4 is 9.28 Å². The Hall–Kier alpha value is 0.137. The topological polar surface area (TPSA) is 18.5 Å². The molecule has 3 unspecified atom stereocenters. The quantitative estimate of drug-likeness (QED) is 0.517. The van der Waals surface area contributed by atoms with Crippen LogP contribution in [0.3, 0.4) is 0 Å². The average Bonchev–Trinajstić information content (AvgIpc) is 2.84. The van der Waals surface area contributed by atoms with Crippen LogP contribution in [0.15, 0.2) is 0 Å². The van der Waals surface area contributed by atoms with Gasteiger partial charge in [-0.15, -0.1) is 0 Å². The highest BCUT2D eigenvalue weighted by Gasteiger charge is 2.55. The van der Waals surface area contributed by atoms with Gasteiger partial charge in [-0.05, 0) is 55.8 Å². The second-order valence-electron chi connectivity index (χ2n) is 9.12. The molecule has 3 heteroatoms. The zero-order valence-corrected chi connectivity index (χ0v) is 17.5. The molecule has 0 radical (unpaired) electrons. The van der Waals surface area contributed by atoms with Gasteiger partial charge in [-0.1, -0.05) is 53.9 Å². The zero-order chi connectivity index (χ0) is 16.9. The number of rotatable bonds is 8. The maximum Gasteiger partial charge on any atom is 0.328 e. The van der Waals surface area contributed by atoms with E-state index in [1.54, 1.807) is 0 Å². The summed E-state index contributed by atoms with van der Waals surface area (Å²) in [5.41, 5.74) is 0.469. The summed E-state index contributed by atoms with van der Waals surface area (Å²) in [6, 6.07) is 0. The van der Waals surface area contributed by atoms with Crippen LogP contribution < -0.4 is 0 Å². The van der Waals surface area contributed by atoms with E-state index in [0.717, 1.165) is 37.9 Å². The summed E-state index contributed by atoms with van der Waals surface area (Å²) in [7, 11) is -1.64. The van der Waals surface area contributed by atoms with Gasteiger partial charge in [0, 0.05) is 18.3 Å². The lowest BCUT2D eigenvalue weighted by Gasteiger charge is -2.45. The summed E-state index contributed by atoms with van der Waals surface area (Å²) in [4.78, 5) is 0. The van der Waals surface area contributed by atoms with Gasteiger partial charge in [0.05, 0.1) is 0 Å². The normalized spacial score (nSPS) is 34.2. The van der Waals surface area contributed by atoms with Crippen LogP contribution in [-0.4, -0.2) is 22.5 Å². The molecule has 0 aromatic heterocycles. The van der Waals surface area contributed by atoms with Gasteiger partial charge >= 0.3 is 9.28 Å². The Kier molecular flexibility index (Phi) is 7.18. The maximum absolute atomic E-state index is 6.48. The van der Waals surface area contributed by atoms with Crippen molar-refractivity contribution in [2.45, 2.75) is 97.4 Å². The second-order valence-corrected chi connectivity index (χ2v) is 11.6. The Bertz CT molecular complexity index is 350. The fourth-order valence-electron chi connectivity index (χ4n) is 5.17. The van der Waals surface area contributed by atoms with Crippen LogP contribution in [0.2, 0.25) is 5.04 Å². The van der Waals surface area contributed by atoms with Crippen molar-refractivity contribution in [2.24, 2.45) is 17.3 Å². The SMILES string of the molecule is CCCO[SiH](OCCC)C1(C2CCCC(C)C2)CCC(C)(C)C1. The molecule has 0 saturated heterocycles. The van der Waals surface area contributed by atoms with E-state index >= 15 is 0 Å². The minimum atomic E-state index is -1.64. The fourth-order valence-corrected chi connectivity index (χ4v) is 8.61. The highest BCUT2D eigenvalue weighted by molar-refractivity contribution is 6.49. The highest BCUT2D eigenvalue weighted by Crippen LogP contribution is 2.63. The molecule has 0 aromatic rings. The molecule has 2 aliphatic carbocycles. The predicted octanol–water partition coefficient (Wildman–Crippen LogP) is 5.84. The zero-order valence-electron chi connectivity index (χ0n) is 16.3. The van der Waals surface area contributed by atoms with Crippen molar-refractivity contribution in [1.82, 2.24) is 0 Å². The third-order valence-corrected chi connectivity index (χ3v) is 9.22. The summed E-state index contributed by atoms with van der Waals surface area (Å²) in [6.45, 7) is 13.6. The molecular weight excluding hydrogens is 300 g/mol. The molecule has 0 aliphatic heterocycles. The van der Waals surface area contributed by atoms with E-state index < -0.39 is 9.28 Å². The van der Waals surface area contributed by atoms with Gasteiger partial charge in [0.2, 0.25) is 0 Å². The van der Waals surface area contributed by atoms with E-state index in [1.165, 1.54) is 44.9 Å². The van der Waals surface area contributed by atoms with Gasteiger partial charge in [-0.2, -0.15) is 0 Å². The summed E-state index contributed by atoms with van der Waals surface area (Å²) in [6.07, 6.45) is 11.9. The van der Waals surface area contributed by atoms with Crippen molar-refractivity contribution in [1.29, 1.82) is 0 Å². The molecule has 136 valence electrons. The minimum absolute atomic E-state index is 0.391. The molecule has 2 aliphatic rings. The first-order chi connectivity index (χ1) is 10.9. The molecule has 2 rings (SSSR count). The summed E-state index contributed by atoms with van der Waals surface area (Å²) in [5.74, 6) is 1.74. The van der Waals surface area contributed by atoms with Crippen molar-refractivity contribution < 1.29 is 8.85 Å². The predicted molar refractivity (Wildman–Crippen MR) is 101 cm³/mol. The Labute approximate surface area is 146 Å². The summed E-state index contributed by atoms with van der Waals surface area (Å²) in [5, 5.41) is 0.391. The Morgan fingerprint density at radius 3 is 2.13 bits per heavy atom. The largest absolute Gasteiger partial charge is 0.396 e. The average molecular weight is 341 g/mol. The van der Waals surface area contributed by atoms with E-state index in [0.29, 0.717) is 10.5 Å². The third-order valence-electron chi connectivity index (χ3n) is 6.24. The van der Waals surface area contributed by atoms with Gasteiger partial charge in [0.15, 0.2) is 0 Å². The Balaban J connectivity index is 2.23. The van der Waals surface area contributed by atoms with Crippen LogP contribution in [-0.2, 0) is 8.85 Å². The molecule has 0 amide bonds. The monoisotopic (exact) mass is 340 g/mol. The van der Waals surface area contributed by atoms with E-state index in [4.69, 9.17) is 8.85 Å². The lowest BCUT2D eigenvalue weighted by Crippen LogP contribution is -2.44. The summed E-state index contributed by atoms with van der Waals surface area (Å²) >= 11 is 0. The van der Waals surface area contributed by atoms with Crippen LogP contribution in [0, 0.1) is 17.3 Å². The molecule has 3 atom stereocenters. The fraction of sp³-hybridized carbons (Fsp3) is 1.00. The minimum Gasteiger partial charge on any atom is -0.396 e. The van der Waals surface area contributed by atoms with Crippen LogP contribution in [0.25, 0.3) is 0 Å². The molecular formula is C20H40O2Si. The second kappa shape index (κ2) is 8.49. The van der Waals surface area contributed by atoms with Crippen LogP contribution in [0.1, 0.15) is 92.4 Å². The molecule has 0 aromatic carbocycles. The summed E-state index contributed by atoms with van der Waals surface area (Å²) < 4.78 is 13.0. The Morgan fingerprint density at radius 1 is 1.00 bits per heavy atom. The molecule has 0 heterocycles. The van der Waals surface area contributed by atoms with Crippen molar-refractivity contribution in [2.75, 3.05) is 13.2 Å². The van der Waals surface area contributed by atoms with Crippen molar-refractivity contribution in [3.8, 4) is 0 Å². The van der Waals surface area contributed by atoms with Crippen LogP contribution in [0.5, 0.6) is 0 Å². The number of hydrogen-bond acceptors (Lipinski definition) is 2. The van der Waals surface area contributed by atoms with E-state index in [-0.39, 0.29) is 0 Å². The molecule has 2 fully saturated rings. The molecule has 0 spiro atoms. The van der Waals surface area contributed by atoms with E-state index in [1.807, 2.05) is 0 Å². The highest BCUT2D eigenvalue weighted by atomic mass is 28.3. The first-order valence-electron chi connectivity index (χ1n) is 10.2. The molecule has 0 bridgehead atoms. The standard InChI is InChI=1S/C20H40O2Si/c1-6-13-21-23(22-14-7-2)20(12-11-19(4,5)16-20)18-10-8-9-17(3)15-18/h17-18,23H,6-16H2,1-5H3. The molecule has 2 nitrogen and oxygen atoms in total. The Morgan fingerprint density at radius 2 is 1.65 bits per heavy atom. The lowest BCUT2D eigenvalue weighted by atomic mass is 9.73. The lowest BCUT2D eigenvalue weighted by molar-refractivity contribution is 0.120. The number of hydrogen-bond donors (Lipinski definition) is 0. The van der Waals surface area contributed by atoms with Crippen molar-refractivity contribution in [3.05, 3.63) is 0 Å². The van der Waals surface area contributed by atoms with Gasteiger partial charge in [0.25, 0.3) is 0 Å². The smallest absolute Gasteiger partial charge is 0.328 e. The van der Waals surface area contributed by atoms with Gasteiger partial charge in [-0.3, -0.25) is 0 Å². The van der Waals surface area contributed by atoms with Crippen molar-refractivity contribution in [3.63, 3.8) is 0 Å². The third kappa shape index (κ3) is 4.82. The van der Waals surface area contributed by atoms with Crippen LogP contribution in [0.4, 0.5) is 0 Å². The molecule has 2 saturated carbocycles. The molecule has 23 heavy (non-hydrogen) atoms. The maximum atomic E-state index is 6.48.